The van der Waals surface area contributed by atoms with Crippen molar-refractivity contribution in [3.05, 3.63) is 29.3 Å². The van der Waals surface area contributed by atoms with Gasteiger partial charge in [0.2, 0.25) is 0 Å². The molecule has 3 heteroatoms. The molecule has 0 aromatic heterocycles. The van der Waals surface area contributed by atoms with E-state index in [1.165, 1.54) is 36.1 Å². The minimum Gasteiger partial charge on any atom is -0.381 e. The summed E-state index contributed by atoms with van der Waals surface area (Å²) in [6, 6.07) is 6.85. The number of likely N-dealkylation sites (N-methyl/N-ethyl adjacent to an activating group) is 1. The van der Waals surface area contributed by atoms with Crippen LogP contribution in [0.5, 0.6) is 0 Å². The first kappa shape index (κ1) is 15.3. The second-order valence-electron chi connectivity index (χ2n) is 5.63. The maximum absolute atomic E-state index is 5.55. The molecule has 20 heavy (non-hydrogen) atoms. The van der Waals surface area contributed by atoms with Crippen LogP contribution in [0.25, 0.3) is 0 Å². The zero-order chi connectivity index (χ0) is 14.2. The summed E-state index contributed by atoms with van der Waals surface area (Å²) < 4.78 is 5.55. The van der Waals surface area contributed by atoms with Crippen molar-refractivity contribution in [2.24, 2.45) is 0 Å². The van der Waals surface area contributed by atoms with Crippen molar-refractivity contribution in [1.29, 1.82) is 0 Å². The Morgan fingerprint density at radius 1 is 1.25 bits per heavy atom. The second kappa shape index (κ2) is 8.28. The smallest absolute Gasteiger partial charge is 0.0478 e. The Morgan fingerprint density at radius 3 is 2.95 bits per heavy atom. The van der Waals surface area contributed by atoms with Gasteiger partial charge in [0.25, 0.3) is 0 Å². The van der Waals surface area contributed by atoms with Crippen molar-refractivity contribution in [2.75, 3.05) is 38.3 Å². The lowest BCUT2D eigenvalue weighted by atomic mass is 10.1. The largest absolute Gasteiger partial charge is 0.381 e. The molecule has 0 bridgehead atoms. The highest BCUT2D eigenvalue weighted by molar-refractivity contribution is 5.58. The van der Waals surface area contributed by atoms with Gasteiger partial charge in [0, 0.05) is 39.0 Å². The number of anilines is 1. The highest BCUT2D eigenvalue weighted by Gasteiger charge is 2.15. The van der Waals surface area contributed by atoms with Gasteiger partial charge >= 0.3 is 0 Å². The number of fused-ring (bicyclic) bond motifs is 1. The Morgan fingerprint density at radius 2 is 2.10 bits per heavy atom. The number of unbranched alkanes of at least 4 members (excludes halogenated alkanes) is 1. The first-order valence-electron chi connectivity index (χ1n) is 7.92. The van der Waals surface area contributed by atoms with Crippen LogP contribution in [0.1, 0.15) is 37.3 Å². The number of nitrogens with zero attached hydrogens (tertiary/aromatic N) is 1. The number of ether oxygens (including phenoxy) is 1. The maximum atomic E-state index is 5.55. The van der Waals surface area contributed by atoms with Gasteiger partial charge in [-0.15, -0.1) is 0 Å². The zero-order valence-corrected chi connectivity index (χ0v) is 13.0. The third kappa shape index (κ3) is 4.50. The number of hydrogen-bond donors (Lipinski definition) is 1. The molecule has 2 rings (SSSR count). The van der Waals surface area contributed by atoms with Crippen LogP contribution in [0.3, 0.4) is 0 Å². The molecule has 0 atom stereocenters. The molecule has 1 heterocycles. The van der Waals surface area contributed by atoms with E-state index < -0.39 is 0 Å². The third-order valence-corrected chi connectivity index (χ3v) is 3.89. The Hall–Kier alpha value is -1.06. The Balaban J connectivity index is 1.60. The summed E-state index contributed by atoms with van der Waals surface area (Å²) in [5.41, 5.74) is 4.29. The molecule has 0 fully saturated rings. The van der Waals surface area contributed by atoms with Crippen LogP contribution in [0.15, 0.2) is 18.2 Å². The Kier molecular flexibility index (Phi) is 6.34. The van der Waals surface area contributed by atoms with E-state index in [4.69, 9.17) is 4.74 Å². The van der Waals surface area contributed by atoms with E-state index in [0.717, 1.165) is 39.3 Å². The molecule has 1 aliphatic heterocycles. The summed E-state index contributed by atoms with van der Waals surface area (Å²) in [6.07, 6.45) is 4.67. The molecular formula is C17H28N2O. The fourth-order valence-corrected chi connectivity index (χ4v) is 2.61. The summed E-state index contributed by atoms with van der Waals surface area (Å²) in [5.74, 6) is 0. The molecule has 112 valence electrons. The fraction of sp³-hybridized carbons (Fsp3) is 0.647. The van der Waals surface area contributed by atoms with Crippen LogP contribution in [-0.4, -0.2) is 33.4 Å². The van der Waals surface area contributed by atoms with E-state index in [1.807, 2.05) is 0 Å². The molecule has 1 aromatic carbocycles. The molecule has 0 amide bonds. The van der Waals surface area contributed by atoms with E-state index in [2.05, 4.69) is 42.4 Å². The SMILES string of the molecule is CCCCOCCCNCc1ccc2c(c1)CCN2C. The van der Waals surface area contributed by atoms with Crippen molar-refractivity contribution in [1.82, 2.24) is 5.32 Å². The highest BCUT2D eigenvalue weighted by Crippen LogP contribution is 2.27. The maximum Gasteiger partial charge on any atom is 0.0478 e. The third-order valence-electron chi connectivity index (χ3n) is 3.89. The predicted molar refractivity (Wildman–Crippen MR) is 85.5 cm³/mol. The van der Waals surface area contributed by atoms with E-state index in [-0.39, 0.29) is 0 Å². The topological polar surface area (TPSA) is 24.5 Å². The van der Waals surface area contributed by atoms with Crippen molar-refractivity contribution in [2.45, 2.75) is 39.2 Å². The lowest BCUT2D eigenvalue weighted by Gasteiger charge is -2.12. The molecule has 1 aliphatic rings. The average molecular weight is 276 g/mol. The summed E-state index contributed by atoms with van der Waals surface area (Å²) in [5, 5.41) is 3.50. The number of hydrogen-bond acceptors (Lipinski definition) is 3. The van der Waals surface area contributed by atoms with Crippen LogP contribution >= 0.6 is 0 Å². The molecule has 0 unspecified atom stereocenters. The minimum atomic E-state index is 0.877. The molecule has 0 aliphatic carbocycles. The molecule has 0 radical (unpaired) electrons. The van der Waals surface area contributed by atoms with Gasteiger partial charge in [-0.1, -0.05) is 25.5 Å². The van der Waals surface area contributed by atoms with Gasteiger partial charge in [0.05, 0.1) is 0 Å². The molecule has 0 saturated heterocycles. The van der Waals surface area contributed by atoms with E-state index in [0.29, 0.717) is 0 Å². The fourth-order valence-electron chi connectivity index (χ4n) is 2.61. The van der Waals surface area contributed by atoms with Gasteiger partial charge in [-0.05, 0) is 43.0 Å². The van der Waals surface area contributed by atoms with Crippen LogP contribution in [0, 0.1) is 0 Å². The average Bonchev–Trinajstić information content (AvgIpc) is 2.83. The quantitative estimate of drug-likeness (QED) is 0.702. The summed E-state index contributed by atoms with van der Waals surface area (Å²) in [6.45, 7) is 7.13. The summed E-state index contributed by atoms with van der Waals surface area (Å²) in [7, 11) is 2.17. The first-order valence-corrected chi connectivity index (χ1v) is 7.92. The molecule has 3 nitrogen and oxygen atoms in total. The van der Waals surface area contributed by atoms with Crippen LogP contribution < -0.4 is 10.2 Å². The van der Waals surface area contributed by atoms with Gasteiger partial charge in [0.15, 0.2) is 0 Å². The Labute approximate surface area is 123 Å². The molecule has 1 aromatic rings. The van der Waals surface area contributed by atoms with E-state index in [1.54, 1.807) is 0 Å². The minimum absolute atomic E-state index is 0.877. The Bertz CT molecular complexity index is 406. The lowest BCUT2D eigenvalue weighted by molar-refractivity contribution is 0.129. The highest BCUT2D eigenvalue weighted by atomic mass is 16.5. The first-order chi connectivity index (χ1) is 9.81. The zero-order valence-electron chi connectivity index (χ0n) is 13.0. The monoisotopic (exact) mass is 276 g/mol. The molecule has 1 N–H and O–H groups in total. The van der Waals surface area contributed by atoms with Crippen LogP contribution in [0.4, 0.5) is 5.69 Å². The summed E-state index contributed by atoms with van der Waals surface area (Å²) >= 11 is 0. The number of nitrogens with one attached hydrogen (secondary N) is 1. The summed E-state index contributed by atoms with van der Waals surface area (Å²) in [4.78, 5) is 2.33. The van der Waals surface area contributed by atoms with Crippen LogP contribution in [0.2, 0.25) is 0 Å². The van der Waals surface area contributed by atoms with Gasteiger partial charge in [-0.25, -0.2) is 0 Å². The van der Waals surface area contributed by atoms with Crippen molar-refractivity contribution in [3.8, 4) is 0 Å². The van der Waals surface area contributed by atoms with E-state index >= 15 is 0 Å². The normalized spacial score (nSPS) is 13.8. The van der Waals surface area contributed by atoms with Crippen molar-refractivity contribution >= 4 is 5.69 Å². The van der Waals surface area contributed by atoms with Crippen molar-refractivity contribution in [3.63, 3.8) is 0 Å². The second-order valence-corrected chi connectivity index (χ2v) is 5.63. The molecule has 0 saturated carbocycles. The van der Waals surface area contributed by atoms with Gasteiger partial charge in [-0.3, -0.25) is 0 Å². The van der Waals surface area contributed by atoms with Gasteiger partial charge < -0.3 is 15.0 Å². The van der Waals surface area contributed by atoms with Crippen LogP contribution in [-0.2, 0) is 17.7 Å². The van der Waals surface area contributed by atoms with E-state index in [9.17, 15) is 0 Å². The number of benzene rings is 1. The standard InChI is InChI=1S/C17H28N2O/c1-3-4-11-20-12-5-9-18-14-15-6-7-17-16(13-15)8-10-19(17)2/h6-7,13,18H,3-5,8-12,14H2,1-2H3. The lowest BCUT2D eigenvalue weighted by Crippen LogP contribution is -2.16. The molecule has 0 spiro atoms. The predicted octanol–water partition coefficient (Wildman–Crippen LogP) is 2.98. The molecular weight excluding hydrogens is 248 g/mol. The van der Waals surface area contributed by atoms with Crippen molar-refractivity contribution < 1.29 is 4.74 Å². The van der Waals surface area contributed by atoms with Gasteiger partial charge in [-0.2, -0.15) is 0 Å². The van der Waals surface area contributed by atoms with Gasteiger partial charge in [0.1, 0.15) is 0 Å². The number of rotatable bonds is 9.